The molecule has 2 saturated heterocycles. The maximum Gasteiger partial charge on any atom is 0.0645 e. The van der Waals surface area contributed by atoms with E-state index in [0.29, 0.717) is 6.04 Å². The molecule has 0 aliphatic carbocycles. The summed E-state index contributed by atoms with van der Waals surface area (Å²) in [6, 6.07) is 0.672. The number of hydrogen-bond donors (Lipinski definition) is 2. The molecule has 15 heavy (non-hydrogen) atoms. The maximum absolute atomic E-state index is 5.55. The minimum Gasteiger partial charge on any atom is -0.380 e. The van der Waals surface area contributed by atoms with Gasteiger partial charge in [0.2, 0.25) is 0 Å². The summed E-state index contributed by atoms with van der Waals surface area (Å²) >= 11 is 0. The third kappa shape index (κ3) is 2.92. The molecule has 0 aromatic rings. The summed E-state index contributed by atoms with van der Waals surface area (Å²) in [6.07, 6.45) is 3.76. The average molecular weight is 212 g/mol. The van der Waals surface area contributed by atoms with Gasteiger partial charge in [-0.2, -0.15) is 0 Å². The van der Waals surface area contributed by atoms with E-state index in [4.69, 9.17) is 4.74 Å². The van der Waals surface area contributed by atoms with E-state index in [1.807, 2.05) is 0 Å². The second kappa shape index (κ2) is 4.81. The Bertz CT molecular complexity index is 202. The monoisotopic (exact) mass is 212 g/mol. The van der Waals surface area contributed by atoms with Gasteiger partial charge >= 0.3 is 0 Å². The molecule has 0 radical (unpaired) electrons. The fraction of sp³-hybridized carbons (Fsp3) is 1.00. The van der Waals surface area contributed by atoms with Crippen molar-refractivity contribution >= 4 is 0 Å². The lowest BCUT2D eigenvalue weighted by Gasteiger charge is -2.35. The van der Waals surface area contributed by atoms with E-state index in [0.717, 1.165) is 25.7 Å². The first kappa shape index (κ1) is 11.4. The van der Waals surface area contributed by atoms with Crippen LogP contribution in [0.2, 0.25) is 0 Å². The Morgan fingerprint density at radius 1 is 1.53 bits per heavy atom. The summed E-state index contributed by atoms with van der Waals surface area (Å²) in [5, 5.41) is 7.20. The summed E-state index contributed by atoms with van der Waals surface area (Å²) in [5.74, 6) is 0.795. The van der Waals surface area contributed by atoms with Crippen LogP contribution in [0.5, 0.6) is 0 Å². The SMILES string of the molecule is CC1NCCC1CNC1(C)CCCOC1. The van der Waals surface area contributed by atoms with Crippen molar-refractivity contribution < 1.29 is 4.74 Å². The maximum atomic E-state index is 5.55. The minimum absolute atomic E-state index is 0.223. The number of rotatable bonds is 3. The first-order valence-electron chi connectivity index (χ1n) is 6.26. The summed E-state index contributed by atoms with van der Waals surface area (Å²) in [6.45, 7) is 8.72. The van der Waals surface area contributed by atoms with Gasteiger partial charge in [0, 0.05) is 24.7 Å². The molecule has 0 saturated carbocycles. The first-order chi connectivity index (χ1) is 7.20. The van der Waals surface area contributed by atoms with Crippen molar-refractivity contribution in [2.45, 2.75) is 44.7 Å². The Morgan fingerprint density at radius 3 is 3.00 bits per heavy atom. The van der Waals surface area contributed by atoms with Gasteiger partial charge in [0.15, 0.2) is 0 Å². The molecule has 2 rings (SSSR count). The smallest absolute Gasteiger partial charge is 0.0645 e. The van der Waals surface area contributed by atoms with Crippen molar-refractivity contribution in [3.05, 3.63) is 0 Å². The van der Waals surface area contributed by atoms with Gasteiger partial charge in [0.05, 0.1) is 6.61 Å². The highest BCUT2D eigenvalue weighted by molar-refractivity contribution is 4.89. The van der Waals surface area contributed by atoms with Gasteiger partial charge in [0.1, 0.15) is 0 Å². The van der Waals surface area contributed by atoms with E-state index in [9.17, 15) is 0 Å². The Hall–Kier alpha value is -0.120. The molecule has 0 amide bonds. The highest BCUT2D eigenvalue weighted by Gasteiger charge is 2.30. The third-order valence-corrected chi connectivity index (χ3v) is 3.92. The van der Waals surface area contributed by atoms with Gasteiger partial charge in [-0.25, -0.2) is 0 Å². The Balaban J connectivity index is 1.76. The predicted octanol–water partition coefficient (Wildman–Crippen LogP) is 1.14. The topological polar surface area (TPSA) is 33.3 Å². The van der Waals surface area contributed by atoms with Crippen LogP contribution in [0.4, 0.5) is 0 Å². The van der Waals surface area contributed by atoms with Crippen molar-refractivity contribution in [2.75, 3.05) is 26.3 Å². The largest absolute Gasteiger partial charge is 0.380 e. The molecule has 2 heterocycles. The molecular weight excluding hydrogens is 188 g/mol. The Kier molecular flexibility index (Phi) is 3.65. The van der Waals surface area contributed by atoms with Gasteiger partial charge in [0.25, 0.3) is 0 Å². The Morgan fingerprint density at radius 2 is 2.40 bits per heavy atom. The Labute approximate surface area is 93.0 Å². The molecule has 2 aliphatic rings. The van der Waals surface area contributed by atoms with E-state index in [1.165, 1.54) is 25.8 Å². The van der Waals surface area contributed by atoms with Crippen molar-refractivity contribution in [1.29, 1.82) is 0 Å². The zero-order valence-corrected chi connectivity index (χ0v) is 10.0. The lowest BCUT2D eigenvalue weighted by Crippen LogP contribution is -2.51. The number of nitrogens with one attached hydrogen (secondary N) is 2. The van der Waals surface area contributed by atoms with Crippen LogP contribution in [0.1, 0.15) is 33.1 Å². The van der Waals surface area contributed by atoms with E-state index >= 15 is 0 Å². The van der Waals surface area contributed by atoms with Crippen molar-refractivity contribution in [1.82, 2.24) is 10.6 Å². The molecule has 0 aromatic heterocycles. The van der Waals surface area contributed by atoms with Crippen LogP contribution in [-0.4, -0.2) is 37.9 Å². The van der Waals surface area contributed by atoms with Crippen LogP contribution in [0.15, 0.2) is 0 Å². The average Bonchev–Trinajstić information content (AvgIpc) is 2.62. The molecule has 0 aromatic carbocycles. The number of ether oxygens (including phenoxy) is 1. The summed E-state index contributed by atoms with van der Waals surface area (Å²) < 4.78 is 5.55. The number of hydrogen-bond acceptors (Lipinski definition) is 3. The molecule has 3 atom stereocenters. The minimum atomic E-state index is 0.223. The zero-order chi connectivity index (χ0) is 10.7. The van der Waals surface area contributed by atoms with E-state index in [-0.39, 0.29) is 5.54 Å². The second-order valence-electron chi connectivity index (χ2n) is 5.39. The van der Waals surface area contributed by atoms with Crippen LogP contribution in [0, 0.1) is 5.92 Å². The highest BCUT2D eigenvalue weighted by Crippen LogP contribution is 2.20. The van der Waals surface area contributed by atoms with Crippen LogP contribution >= 0.6 is 0 Å². The standard InChI is InChI=1S/C12H24N2O/c1-10-11(4-6-13-10)8-14-12(2)5-3-7-15-9-12/h10-11,13-14H,3-9H2,1-2H3. The van der Waals surface area contributed by atoms with Gasteiger partial charge in [-0.05, 0) is 45.6 Å². The third-order valence-electron chi connectivity index (χ3n) is 3.92. The molecular formula is C12H24N2O. The molecule has 2 N–H and O–H groups in total. The molecule has 2 fully saturated rings. The molecule has 3 nitrogen and oxygen atoms in total. The fourth-order valence-electron chi connectivity index (χ4n) is 2.64. The van der Waals surface area contributed by atoms with Crippen LogP contribution in [0.25, 0.3) is 0 Å². The van der Waals surface area contributed by atoms with Crippen LogP contribution in [0.3, 0.4) is 0 Å². The molecule has 0 bridgehead atoms. The normalized spacial score (nSPS) is 42.0. The van der Waals surface area contributed by atoms with Crippen molar-refractivity contribution in [2.24, 2.45) is 5.92 Å². The predicted molar refractivity (Wildman–Crippen MR) is 62.0 cm³/mol. The quantitative estimate of drug-likeness (QED) is 0.736. The highest BCUT2D eigenvalue weighted by atomic mass is 16.5. The van der Waals surface area contributed by atoms with Crippen molar-refractivity contribution in [3.63, 3.8) is 0 Å². The van der Waals surface area contributed by atoms with Gasteiger partial charge in [-0.15, -0.1) is 0 Å². The molecule has 2 aliphatic heterocycles. The lowest BCUT2D eigenvalue weighted by molar-refractivity contribution is 0.0267. The van der Waals surface area contributed by atoms with Gasteiger partial charge in [-0.1, -0.05) is 0 Å². The van der Waals surface area contributed by atoms with Gasteiger partial charge in [-0.3, -0.25) is 0 Å². The van der Waals surface area contributed by atoms with Crippen LogP contribution < -0.4 is 10.6 Å². The second-order valence-corrected chi connectivity index (χ2v) is 5.39. The van der Waals surface area contributed by atoms with E-state index in [1.54, 1.807) is 0 Å². The molecule has 88 valence electrons. The summed E-state index contributed by atoms with van der Waals surface area (Å²) in [7, 11) is 0. The first-order valence-corrected chi connectivity index (χ1v) is 6.26. The summed E-state index contributed by atoms with van der Waals surface area (Å²) in [5.41, 5.74) is 0.223. The van der Waals surface area contributed by atoms with E-state index < -0.39 is 0 Å². The van der Waals surface area contributed by atoms with Crippen LogP contribution in [-0.2, 0) is 4.74 Å². The summed E-state index contributed by atoms with van der Waals surface area (Å²) in [4.78, 5) is 0. The van der Waals surface area contributed by atoms with Gasteiger partial charge < -0.3 is 15.4 Å². The molecule has 0 spiro atoms. The van der Waals surface area contributed by atoms with Crippen molar-refractivity contribution in [3.8, 4) is 0 Å². The fourth-order valence-corrected chi connectivity index (χ4v) is 2.64. The molecule has 3 heteroatoms. The zero-order valence-electron chi connectivity index (χ0n) is 10.0. The lowest BCUT2D eigenvalue weighted by atomic mass is 9.93. The molecule has 3 unspecified atom stereocenters. The van der Waals surface area contributed by atoms with E-state index in [2.05, 4.69) is 24.5 Å².